The van der Waals surface area contributed by atoms with E-state index in [4.69, 9.17) is 0 Å². The van der Waals surface area contributed by atoms with Crippen LogP contribution in [0.15, 0.2) is 243 Å². The molecule has 0 aromatic heterocycles. The zero-order valence-electron chi connectivity index (χ0n) is 36.6. The second kappa shape index (κ2) is 13.7. The summed E-state index contributed by atoms with van der Waals surface area (Å²) < 4.78 is 0. The fourth-order valence-electron chi connectivity index (χ4n) is 12.8. The third kappa shape index (κ3) is 4.86. The van der Waals surface area contributed by atoms with Crippen molar-refractivity contribution in [2.45, 2.75) is 5.41 Å². The van der Waals surface area contributed by atoms with Crippen molar-refractivity contribution in [3.8, 4) is 55.6 Å². The molecule has 0 fully saturated rings. The molecule has 13 aromatic rings. The summed E-state index contributed by atoms with van der Waals surface area (Å²) in [4.78, 5) is 0. The molecule has 0 unspecified atom stereocenters. The number of hydrogen-bond donors (Lipinski definition) is 0. The van der Waals surface area contributed by atoms with Gasteiger partial charge in [0, 0.05) is 0 Å². The van der Waals surface area contributed by atoms with E-state index >= 15 is 0 Å². The molecule has 0 N–H and O–H groups in total. The van der Waals surface area contributed by atoms with Crippen molar-refractivity contribution >= 4 is 64.6 Å². The minimum atomic E-state index is -0.497. The Labute approximate surface area is 388 Å². The Balaban J connectivity index is 0.990. The van der Waals surface area contributed by atoms with Crippen LogP contribution in [-0.4, -0.2) is 0 Å². The molecule has 2 aliphatic rings. The van der Waals surface area contributed by atoms with Gasteiger partial charge in [-0.25, -0.2) is 0 Å². The summed E-state index contributed by atoms with van der Waals surface area (Å²) in [7, 11) is 0. The van der Waals surface area contributed by atoms with E-state index < -0.39 is 5.41 Å². The summed E-state index contributed by atoms with van der Waals surface area (Å²) in [5, 5.41) is 15.3. The minimum absolute atomic E-state index is 0.497. The van der Waals surface area contributed by atoms with Crippen molar-refractivity contribution in [2.75, 3.05) is 0 Å². The molecule has 13 aromatic carbocycles. The molecule has 0 radical (unpaired) electrons. The van der Waals surface area contributed by atoms with Crippen LogP contribution in [0.3, 0.4) is 0 Å². The summed E-state index contributed by atoms with van der Waals surface area (Å²) in [5.74, 6) is 0. The van der Waals surface area contributed by atoms with E-state index in [1.807, 2.05) is 0 Å². The number of hydrogen-bond acceptors (Lipinski definition) is 0. The fraction of sp³-hybridized carbons (Fsp3) is 0.0149. The van der Waals surface area contributed by atoms with Crippen molar-refractivity contribution < 1.29 is 0 Å². The SMILES string of the molecule is c1cc(-c2ccc3c4c(c5ccccc5c3c2)-c2ccc3ccccc3c2C42c3ccccc3-c3ccccc32)cc(-c2c3ccccc3c(-c3cccc4ccccc34)c3ccccc23)c1. The van der Waals surface area contributed by atoms with Gasteiger partial charge in [0.1, 0.15) is 0 Å². The van der Waals surface area contributed by atoms with Crippen molar-refractivity contribution in [1.82, 2.24) is 0 Å². The van der Waals surface area contributed by atoms with Crippen LogP contribution in [0.4, 0.5) is 0 Å². The second-order valence-corrected chi connectivity index (χ2v) is 18.6. The quantitative estimate of drug-likeness (QED) is 0.123. The highest BCUT2D eigenvalue weighted by atomic mass is 14.5. The van der Waals surface area contributed by atoms with Crippen molar-refractivity contribution in [3.05, 3.63) is 265 Å². The molecule has 308 valence electrons. The molecule has 1 spiro atoms. The van der Waals surface area contributed by atoms with E-state index in [1.54, 1.807) is 0 Å². The molecule has 0 saturated carbocycles. The second-order valence-electron chi connectivity index (χ2n) is 18.6. The molecule has 0 atom stereocenters. The smallest absolute Gasteiger partial charge is 0.0619 e. The first-order chi connectivity index (χ1) is 33.3. The lowest BCUT2D eigenvalue weighted by Gasteiger charge is -2.32. The lowest BCUT2D eigenvalue weighted by Crippen LogP contribution is -2.26. The van der Waals surface area contributed by atoms with Crippen molar-refractivity contribution in [2.24, 2.45) is 0 Å². The van der Waals surface area contributed by atoms with Crippen LogP contribution in [0.25, 0.3) is 120 Å². The molecular weight excluding hydrogens is 805 g/mol. The van der Waals surface area contributed by atoms with E-state index in [0.29, 0.717) is 0 Å². The molecule has 0 bridgehead atoms. The van der Waals surface area contributed by atoms with Gasteiger partial charge in [0.2, 0.25) is 0 Å². The number of fused-ring (bicyclic) bond motifs is 20. The first kappa shape index (κ1) is 36.7. The lowest BCUT2D eigenvalue weighted by atomic mass is 9.68. The summed E-state index contributed by atoms with van der Waals surface area (Å²) in [6.07, 6.45) is 0. The maximum absolute atomic E-state index is 2.48. The summed E-state index contributed by atoms with van der Waals surface area (Å²) >= 11 is 0. The van der Waals surface area contributed by atoms with Crippen LogP contribution >= 0.6 is 0 Å². The minimum Gasteiger partial charge on any atom is -0.0619 e. The Kier molecular flexibility index (Phi) is 7.52. The Morgan fingerprint density at radius 1 is 0.209 bits per heavy atom. The van der Waals surface area contributed by atoms with Gasteiger partial charge in [-0.15, -0.1) is 0 Å². The van der Waals surface area contributed by atoms with Gasteiger partial charge in [0.05, 0.1) is 5.41 Å². The Bertz CT molecular complexity index is 4170. The van der Waals surface area contributed by atoms with Gasteiger partial charge in [0.15, 0.2) is 0 Å². The summed E-state index contributed by atoms with van der Waals surface area (Å²) in [5.41, 5.74) is 17.8. The zero-order valence-corrected chi connectivity index (χ0v) is 36.6. The normalized spacial score (nSPS) is 13.2. The van der Waals surface area contributed by atoms with Crippen molar-refractivity contribution in [3.63, 3.8) is 0 Å². The Morgan fingerprint density at radius 3 is 1.37 bits per heavy atom. The first-order valence-corrected chi connectivity index (χ1v) is 23.5. The van der Waals surface area contributed by atoms with Crippen LogP contribution in [0.5, 0.6) is 0 Å². The predicted octanol–water partition coefficient (Wildman–Crippen LogP) is 18.0. The van der Waals surface area contributed by atoms with Gasteiger partial charge in [-0.1, -0.05) is 231 Å². The molecular formula is C67H40. The van der Waals surface area contributed by atoms with E-state index in [-0.39, 0.29) is 0 Å². The fourth-order valence-corrected chi connectivity index (χ4v) is 12.8. The van der Waals surface area contributed by atoms with Crippen LogP contribution in [0, 0.1) is 0 Å². The summed E-state index contributed by atoms with van der Waals surface area (Å²) in [6.45, 7) is 0. The largest absolute Gasteiger partial charge is 0.0737 e. The zero-order chi connectivity index (χ0) is 43.8. The molecule has 67 heavy (non-hydrogen) atoms. The van der Waals surface area contributed by atoms with Crippen molar-refractivity contribution in [1.29, 1.82) is 0 Å². The van der Waals surface area contributed by atoms with E-state index in [1.165, 1.54) is 143 Å². The van der Waals surface area contributed by atoms with Crippen LogP contribution in [-0.2, 0) is 5.41 Å². The number of rotatable bonds is 3. The Morgan fingerprint density at radius 2 is 0.687 bits per heavy atom. The van der Waals surface area contributed by atoms with Crippen LogP contribution in [0.2, 0.25) is 0 Å². The highest BCUT2D eigenvalue weighted by molar-refractivity contribution is 6.25. The maximum Gasteiger partial charge on any atom is 0.0737 e. The first-order valence-electron chi connectivity index (χ1n) is 23.5. The average Bonchev–Trinajstić information content (AvgIpc) is 3.88. The van der Waals surface area contributed by atoms with Gasteiger partial charge in [0.25, 0.3) is 0 Å². The van der Waals surface area contributed by atoms with Gasteiger partial charge in [-0.3, -0.25) is 0 Å². The highest BCUT2D eigenvalue weighted by Gasteiger charge is 2.53. The maximum atomic E-state index is 2.48. The third-order valence-electron chi connectivity index (χ3n) is 15.4. The Hall–Kier alpha value is -8.58. The van der Waals surface area contributed by atoms with Gasteiger partial charge < -0.3 is 0 Å². The van der Waals surface area contributed by atoms with E-state index in [2.05, 4.69) is 243 Å². The predicted molar refractivity (Wildman–Crippen MR) is 284 cm³/mol. The average molecular weight is 845 g/mol. The molecule has 0 heteroatoms. The highest BCUT2D eigenvalue weighted by Crippen LogP contribution is 2.66. The molecule has 0 amide bonds. The molecule has 0 nitrogen and oxygen atoms in total. The lowest BCUT2D eigenvalue weighted by molar-refractivity contribution is 0.809. The van der Waals surface area contributed by atoms with E-state index in [9.17, 15) is 0 Å². The third-order valence-corrected chi connectivity index (χ3v) is 15.4. The van der Waals surface area contributed by atoms with Gasteiger partial charge in [-0.2, -0.15) is 0 Å². The monoisotopic (exact) mass is 844 g/mol. The molecule has 2 aliphatic carbocycles. The molecule has 0 heterocycles. The number of benzene rings is 13. The molecule has 0 saturated heterocycles. The van der Waals surface area contributed by atoms with Gasteiger partial charge in [-0.05, 0) is 155 Å². The standard InChI is InChI=1S/C67H40/c1-3-22-46-41(17-1)19-16-32-51(46)63-55-30-9-7-28-53(55)62(54-29-8-10-31-56(54)63)45-21-15-20-43(39-45)44-36-37-57-59(40-44)48-24-5-6-27-52(48)64-58-38-35-42-18-2-4-23-47(42)65(58)67(66(57)64)60-33-13-11-25-49(60)50-26-12-14-34-61(50)67/h1-40H. The molecule has 15 rings (SSSR count). The van der Waals surface area contributed by atoms with E-state index in [0.717, 1.165) is 0 Å². The van der Waals surface area contributed by atoms with Gasteiger partial charge >= 0.3 is 0 Å². The topological polar surface area (TPSA) is 0 Å². The summed E-state index contributed by atoms with van der Waals surface area (Å²) in [6, 6.07) is 91.4. The van der Waals surface area contributed by atoms with Crippen LogP contribution in [0.1, 0.15) is 22.3 Å². The molecule has 0 aliphatic heterocycles. The van der Waals surface area contributed by atoms with Crippen LogP contribution < -0.4 is 0 Å².